The van der Waals surface area contributed by atoms with Crippen molar-refractivity contribution in [2.75, 3.05) is 32.1 Å². The van der Waals surface area contributed by atoms with Crippen LogP contribution in [0.25, 0.3) is 0 Å². The molecular weight excluding hydrogens is 494 g/mol. The lowest BCUT2D eigenvalue weighted by molar-refractivity contribution is -0.128. The van der Waals surface area contributed by atoms with Crippen LogP contribution in [0.3, 0.4) is 0 Å². The maximum Gasteiger partial charge on any atom is 0.263 e. The van der Waals surface area contributed by atoms with Crippen LogP contribution < -0.4 is 19.7 Å². The number of amides is 2. The summed E-state index contributed by atoms with van der Waals surface area (Å²) < 4.78 is 38.4. The Balaban J connectivity index is 1.50. The molecule has 0 aromatic heterocycles. The van der Waals surface area contributed by atoms with Crippen molar-refractivity contribution in [1.29, 1.82) is 0 Å². The van der Waals surface area contributed by atoms with Crippen LogP contribution >= 0.6 is 0 Å². The minimum Gasteiger partial charge on any atom is -0.496 e. The van der Waals surface area contributed by atoms with Gasteiger partial charge in [0, 0.05) is 13.6 Å². The van der Waals surface area contributed by atoms with Crippen molar-refractivity contribution in [2.24, 2.45) is 0 Å². The van der Waals surface area contributed by atoms with Crippen LogP contribution in [0.15, 0.2) is 77.7 Å². The van der Waals surface area contributed by atoms with E-state index in [1.54, 1.807) is 37.3 Å². The van der Waals surface area contributed by atoms with E-state index < -0.39 is 28.6 Å². The Bertz CT molecular complexity index is 1390. The van der Waals surface area contributed by atoms with Crippen LogP contribution in [0.1, 0.15) is 11.1 Å². The van der Waals surface area contributed by atoms with E-state index in [0.717, 1.165) is 9.87 Å². The second-order valence-electron chi connectivity index (χ2n) is 8.67. The molecule has 2 amide bonds. The van der Waals surface area contributed by atoms with Gasteiger partial charge in [-0.2, -0.15) is 4.31 Å². The molecule has 9 nitrogen and oxygen atoms in total. The van der Waals surface area contributed by atoms with E-state index in [9.17, 15) is 18.0 Å². The Kier molecular flexibility index (Phi) is 7.80. The number of sulfonamides is 1. The predicted octanol–water partition coefficient (Wildman–Crippen LogP) is 2.73. The molecule has 0 saturated heterocycles. The highest BCUT2D eigenvalue weighted by atomic mass is 32.2. The fraction of sp³-hybridized carbons (Fsp3) is 0.259. The van der Waals surface area contributed by atoms with Crippen LogP contribution in [-0.4, -0.2) is 57.9 Å². The van der Waals surface area contributed by atoms with Crippen LogP contribution in [0.4, 0.5) is 5.69 Å². The van der Waals surface area contributed by atoms with Crippen molar-refractivity contribution < 1.29 is 27.5 Å². The van der Waals surface area contributed by atoms with Crippen molar-refractivity contribution in [1.82, 2.24) is 9.62 Å². The van der Waals surface area contributed by atoms with Gasteiger partial charge in [0.15, 0.2) is 6.10 Å². The number of carbonyl (C=O) groups excluding carboxylic acids is 2. The first-order valence-electron chi connectivity index (χ1n) is 11.7. The number of nitrogens with one attached hydrogen (secondary N) is 1. The van der Waals surface area contributed by atoms with Gasteiger partial charge in [0.2, 0.25) is 15.9 Å². The van der Waals surface area contributed by atoms with Gasteiger partial charge in [-0.3, -0.25) is 9.59 Å². The van der Waals surface area contributed by atoms with Crippen molar-refractivity contribution in [3.8, 4) is 11.5 Å². The zero-order valence-electron chi connectivity index (χ0n) is 20.9. The summed E-state index contributed by atoms with van der Waals surface area (Å²) in [6.45, 7) is 1.60. The second kappa shape index (κ2) is 11.0. The third kappa shape index (κ3) is 5.76. The van der Waals surface area contributed by atoms with E-state index in [0.29, 0.717) is 29.3 Å². The summed E-state index contributed by atoms with van der Waals surface area (Å²) in [5.74, 6) is 0.0937. The Morgan fingerprint density at radius 3 is 2.49 bits per heavy atom. The number of rotatable bonds is 8. The van der Waals surface area contributed by atoms with Crippen LogP contribution in [0.2, 0.25) is 0 Å². The van der Waals surface area contributed by atoms with Gasteiger partial charge in [0.1, 0.15) is 11.5 Å². The van der Waals surface area contributed by atoms with Gasteiger partial charge in [0.05, 0.1) is 30.8 Å². The van der Waals surface area contributed by atoms with Crippen LogP contribution in [0.5, 0.6) is 11.5 Å². The number of fused-ring (bicyclic) bond motifs is 1. The molecule has 0 spiro atoms. The molecule has 0 saturated carbocycles. The molecule has 3 aromatic carbocycles. The maximum atomic E-state index is 13.4. The first-order valence-corrected chi connectivity index (χ1v) is 13.1. The summed E-state index contributed by atoms with van der Waals surface area (Å²) >= 11 is 0. The summed E-state index contributed by atoms with van der Waals surface area (Å²) in [5, 5.41) is 2.84. The average Bonchev–Trinajstić information content (AvgIpc) is 2.91. The fourth-order valence-corrected chi connectivity index (χ4v) is 5.26. The number of methoxy groups -OCH3 is 1. The Morgan fingerprint density at radius 1 is 1.08 bits per heavy atom. The van der Waals surface area contributed by atoms with Gasteiger partial charge >= 0.3 is 0 Å². The molecular formula is C27H29N3O6S. The van der Waals surface area contributed by atoms with Gasteiger partial charge in [-0.25, -0.2) is 8.42 Å². The third-order valence-corrected chi connectivity index (χ3v) is 7.91. The molecule has 3 aromatic rings. The average molecular weight is 524 g/mol. The zero-order valence-corrected chi connectivity index (χ0v) is 21.7. The molecule has 37 heavy (non-hydrogen) atoms. The number of para-hydroxylation sites is 2. The SMILES string of the molecule is COc1ccc(S(=O)(=O)N(C)CC(=O)N2C[C@H](C(=O)NCc3ccccc3)Oc3ccccc32)cc1C. The van der Waals surface area contributed by atoms with Crippen molar-refractivity contribution in [3.05, 3.63) is 83.9 Å². The first kappa shape index (κ1) is 26.2. The number of likely N-dealkylation sites (N-methyl/N-ethyl adjacent to an activating group) is 1. The number of hydrogen-bond acceptors (Lipinski definition) is 6. The van der Waals surface area contributed by atoms with Gasteiger partial charge in [-0.05, 0) is 48.4 Å². The lowest BCUT2D eigenvalue weighted by Crippen LogP contribution is -2.52. The molecule has 0 bridgehead atoms. The third-order valence-electron chi connectivity index (χ3n) is 6.11. The summed E-state index contributed by atoms with van der Waals surface area (Å²) in [4.78, 5) is 27.7. The maximum absolute atomic E-state index is 13.4. The quantitative estimate of drug-likeness (QED) is 0.487. The minimum absolute atomic E-state index is 0.0496. The minimum atomic E-state index is -3.95. The van der Waals surface area contributed by atoms with Gasteiger partial charge in [-0.15, -0.1) is 0 Å². The molecule has 1 aliphatic heterocycles. The van der Waals surface area contributed by atoms with E-state index >= 15 is 0 Å². The summed E-state index contributed by atoms with van der Waals surface area (Å²) in [7, 11) is -1.09. The van der Waals surface area contributed by atoms with E-state index in [1.165, 1.54) is 31.2 Å². The number of carbonyl (C=O) groups is 2. The number of aryl methyl sites for hydroxylation is 1. The van der Waals surface area contributed by atoms with Gasteiger partial charge in [0.25, 0.3) is 5.91 Å². The molecule has 1 N–H and O–H groups in total. The molecule has 0 fully saturated rings. The van der Waals surface area contributed by atoms with E-state index in [4.69, 9.17) is 9.47 Å². The Labute approximate surface area is 216 Å². The highest BCUT2D eigenvalue weighted by molar-refractivity contribution is 7.89. The monoisotopic (exact) mass is 523 g/mol. The number of benzene rings is 3. The van der Waals surface area contributed by atoms with Crippen LogP contribution in [0, 0.1) is 6.92 Å². The summed E-state index contributed by atoms with van der Waals surface area (Å²) in [6, 6.07) is 20.8. The molecule has 1 heterocycles. The number of nitrogens with zero attached hydrogens (tertiary/aromatic N) is 2. The van der Waals surface area contributed by atoms with Crippen LogP contribution in [-0.2, 0) is 26.2 Å². The Morgan fingerprint density at radius 2 is 1.78 bits per heavy atom. The molecule has 194 valence electrons. The molecule has 10 heteroatoms. The van der Waals surface area contributed by atoms with E-state index in [1.807, 2.05) is 30.3 Å². The van der Waals surface area contributed by atoms with Gasteiger partial charge < -0.3 is 19.7 Å². The van der Waals surface area contributed by atoms with Crippen molar-refractivity contribution in [3.63, 3.8) is 0 Å². The van der Waals surface area contributed by atoms with E-state index in [2.05, 4.69) is 5.32 Å². The summed E-state index contributed by atoms with van der Waals surface area (Å²) in [6.07, 6.45) is -0.950. The standard InChI is InChI=1S/C27H29N3O6S/c1-19-15-21(13-14-23(19)35-3)37(33,34)29(2)18-26(31)30-17-25(36-24-12-8-7-11-22(24)30)27(32)28-16-20-9-5-4-6-10-20/h4-15,25H,16-18H2,1-3H3,(H,28,32)/t25-/m1/s1. The number of hydrogen-bond donors (Lipinski definition) is 1. The number of ether oxygens (including phenoxy) is 2. The smallest absolute Gasteiger partial charge is 0.263 e. The first-order chi connectivity index (χ1) is 17.7. The van der Waals surface area contributed by atoms with E-state index in [-0.39, 0.29) is 17.3 Å². The molecule has 0 radical (unpaired) electrons. The van der Waals surface area contributed by atoms with Crippen molar-refractivity contribution >= 4 is 27.5 Å². The lowest BCUT2D eigenvalue weighted by Gasteiger charge is -2.35. The normalized spacial score (nSPS) is 15.0. The predicted molar refractivity (Wildman–Crippen MR) is 139 cm³/mol. The largest absolute Gasteiger partial charge is 0.496 e. The second-order valence-corrected chi connectivity index (χ2v) is 10.7. The molecule has 0 aliphatic carbocycles. The molecule has 0 unspecified atom stereocenters. The highest BCUT2D eigenvalue weighted by Crippen LogP contribution is 2.33. The molecule has 1 aliphatic rings. The lowest BCUT2D eigenvalue weighted by atomic mass is 10.1. The van der Waals surface area contributed by atoms with Gasteiger partial charge in [-0.1, -0.05) is 42.5 Å². The highest BCUT2D eigenvalue weighted by Gasteiger charge is 2.35. The number of anilines is 1. The van der Waals surface area contributed by atoms with Crippen molar-refractivity contribution in [2.45, 2.75) is 24.5 Å². The summed E-state index contributed by atoms with van der Waals surface area (Å²) in [5.41, 5.74) is 2.07. The fourth-order valence-electron chi connectivity index (χ4n) is 4.06. The molecule has 1 atom stereocenters. The zero-order chi connectivity index (χ0) is 26.6. The molecule has 4 rings (SSSR count). The topological polar surface area (TPSA) is 105 Å². The Hall–Kier alpha value is -3.89.